The van der Waals surface area contributed by atoms with Crippen LogP contribution in [0.1, 0.15) is 18.4 Å². The number of anilines is 1. The first kappa shape index (κ1) is 11.6. The van der Waals surface area contributed by atoms with Crippen LogP contribution in [0.15, 0.2) is 6.07 Å². The summed E-state index contributed by atoms with van der Waals surface area (Å²) in [6.45, 7) is 5.45. The second kappa shape index (κ2) is 4.84. The van der Waals surface area contributed by atoms with Crippen LogP contribution in [-0.2, 0) is 4.79 Å². The molecule has 0 aromatic carbocycles. The molecule has 82 valence electrons. The van der Waals surface area contributed by atoms with E-state index in [2.05, 4.69) is 20.6 Å². The van der Waals surface area contributed by atoms with E-state index < -0.39 is 0 Å². The molecule has 5 heteroatoms. The van der Waals surface area contributed by atoms with Gasteiger partial charge in [0.2, 0.25) is 5.91 Å². The van der Waals surface area contributed by atoms with Crippen molar-refractivity contribution in [2.75, 3.05) is 12.4 Å². The minimum Gasteiger partial charge on any atom is -0.309 e. The number of carbonyl (C=O) groups excluding carboxylic acids is 1. The SMILES string of the molecule is CNC(C)C(=O)Nc1cc(C)nc(C)n1. The van der Waals surface area contributed by atoms with Crippen molar-refractivity contribution in [2.24, 2.45) is 0 Å². The Morgan fingerprint density at radius 3 is 2.60 bits per heavy atom. The van der Waals surface area contributed by atoms with Crippen molar-refractivity contribution in [3.05, 3.63) is 17.6 Å². The van der Waals surface area contributed by atoms with E-state index in [-0.39, 0.29) is 11.9 Å². The third kappa shape index (κ3) is 3.28. The molecule has 0 aliphatic rings. The molecule has 5 nitrogen and oxygen atoms in total. The average Bonchev–Trinajstić information content (AvgIpc) is 2.14. The summed E-state index contributed by atoms with van der Waals surface area (Å²) < 4.78 is 0. The highest BCUT2D eigenvalue weighted by Crippen LogP contribution is 2.05. The van der Waals surface area contributed by atoms with Gasteiger partial charge in [0.25, 0.3) is 0 Å². The summed E-state index contributed by atoms with van der Waals surface area (Å²) in [6.07, 6.45) is 0. The van der Waals surface area contributed by atoms with Crippen LogP contribution in [-0.4, -0.2) is 29.0 Å². The molecule has 0 bridgehead atoms. The maximum absolute atomic E-state index is 11.5. The van der Waals surface area contributed by atoms with Crippen molar-refractivity contribution >= 4 is 11.7 Å². The van der Waals surface area contributed by atoms with Crippen LogP contribution in [0.3, 0.4) is 0 Å². The first-order valence-corrected chi connectivity index (χ1v) is 4.83. The molecule has 0 spiro atoms. The van der Waals surface area contributed by atoms with Gasteiger partial charge in [0.1, 0.15) is 11.6 Å². The maximum Gasteiger partial charge on any atom is 0.242 e. The number of nitrogens with one attached hydrogen (secondary N) is 2. The van der Waals surface area contributed by atoms with Crippen LogP contribution < -0.4 is 10.6 Å². The van der Waals surface area contributed by atoms with E-state index in [1.54, 1.807) is 27.0 Å². The fourth-order valence-corrected chi connectivity index (χ4v) is 1.15. The molecule has 1 heterocycles. The van der Waals surface area contributed by atoms with Gasteiger partial charge in [0, 0.05) is 11.8 Å². The van der Waals surface area contributed by atoms with Crippen LogP contribution in [0.5, 0.6) is 0 Å². The van der Waals surface area contributed by atoms with E-state index in [1.165, 1.54) is 0 Å². The number of aryl methyl sites for hydroxylation is 2. The predicted octanol–water partition coefficient (Wildman–Crippen LogP) is 0.640. The van der Waals surface area contributed by atoms with Gasteiger partial charge in [-0.1, -0.05) is 0 Å². The minimum absolute atomic E-state index is 0.102. The Hall–Kier alpha value is -1.49. The zero-order valence-corrected chi connectivity index (χ0v) is 9.46. The van der Waals surface area contributed by atoms with Crippen LogP contribution in [0.25, 0.3) is 0 Å². The molecule has 1 aromatic rings. The molecule has 1 atom stereocenters. The number of aromatic nitrogens is 2. The molecule has 0 aliphatic heterocycles. The zero-order chi connectivity index (χ0) is 11.4. The number of hydrogen-bond donors (Lipinski definition) is 2. The van der Waals surface area contributed by atoms with Crippen LogP contribution >= 0.6 is 0 Å². The Morgan fingerprint density at radius 1 is 1.40 bits per heavy atom. The quantitative estimate of drug-likeness (QED) is 0.765. The normalized spacial score (nSPS) is 12.3. The van der Waals surface area contributed by atoms with Crippen LogP contribution in [0, 0.1) is 13.8 Å². The molecule has 0 saturated heterocycles. The average molecular weight is 208 g/mol. The smallest absolute Gasteiger partial charge is 0.242 e. The molecule has 0 radical (unpaired) electrons. The lowest BCUT2D eigenvalue weighted by Crippen LogP contribution is -2.35. The van der Waals surface area contributed by atoms with Crippen molar-refractivity contribution in [3.8, 4) is 0 Å². The molecular weight excluding hydrogens is 192 g/mol. The summed E-state index contributed by atoms with van der Waals surface area (Å²) in [5.74, 6) is 1.10. The van der Waals surface area contributed by atoms with Crippen LogP contribution in [0.4, 0.5) is 5.82 Å². The Balaban J connectivity index is 2.76. The molecule has 0 fully saturated rings. The van der Waals surface area contributed by atoms with Gasteiger partial charge in [0.05, 0.1) is 6.04 Å². The van der Waals surface area contributed by atoms with E-state index in [0.717, 1.165) is 5.69 Å². The molecule has 0 aliphatic carbocycles. The Kier molecular flexibility index (Phi) is 3.74. The zero-order valence-electron chi connectivity index (χ0n) is 9.46. The number of amides is 1. The van der Waals surface area contributed by atoms with E-state index in [9.17, 15) is 4.79 Å². The van der Waals surface area contributed by atoms with Crippen LogP contribution in [0.2, 0.25) is 0 Å². The van der Waals surface area contributed by atoms with Gasteiger partial charge >= 0.3 is 0 Å². The highest BCUT2D eigenvalue weighted by Gasteiger charge is 2.11. The summed E-state index contributed by atoms with van der Waals surface area (Å²) in [5.41, 5.74) is 0.843. The van der Waals surface area contributed by atoms with Gasteiger partial charge < -0.3 is 10.6 Å². The van der Waals surface area contributed by atoms with Crippen molar-refractivity contribution < 1.29 is 4.79 Å². The third-order valence-corrected chi connectivity index (χ3v) is 2.04. The number of likely N-dealkylation sites (N-methyl/N-ethyl adjacent to an activating group) is 1. The van der Waals surface area contributed by atoms with Gasteiger partial charge in [0.15, 0.2) is 0 Å². The topological polar surface area (TPSA) is 66.9 Å². The molecule has 1 rings (SSSR count). The molecule has 1 amide bonds. The lowest BCUT2D eigenvalue weighted by molar-refractivity contribution is -0.117. The first-order chi connectivity index (χ1) is 7.02. The lowest BCUT2D eigenvalue weighted by atomic mass is 10.3. The minimum atomic E-state index is -0.236. The van der Waals surface area contributed by atoms with Crippen molar-refractivity contribution in [1.29, 1.82) is 0 Å². The number of carbonyl (C=O) groups is 1. The summed E-state index contributed by atoms with van der Waals surface area (Å²) in [6, 6.07) is 1.51. The number of rotatable bonds is 3. The maximum atomic E-state index is 11.5. The van der Waals surface area contributed by atoms with E-state index >= 15 is 0 Å². The van der Waals surface area contributed by atoms with Gasteiger partial charge in [-0.15, -0.1) is 0 Å². The van der Waals surface area contributed by atoms with Gasteiger partial charge in [-0.2, -0.15) is 0 Å². The standard InChI is InChI=1S/C10H16N4O/c1-6-5-9(13-8(3)12-6)14-10(15)7(2)11-4/h5,7,11H,1-4H3,(H,12,13,14,15). The largest absolute Gasteiger partial charge is 0.309 e. The summed E-state index contributed by atoms with van der Waals surface area (Å²) >= 11 is 0. The highest BCUT2D eigenvalue weighted by atomic mass is 16.2. The Bertz CT molecular complexity index is 344. The third-order valence-electron chi connectivity index (χ3n) is 2.04. The second-order valence-corrected chi connectivity index (χ2v) is 3.44. The predicted molar refractivity (Wildman–Crippen MR) is 58.7 cm³/mol. The van der Waals surface area contributed by atoms with Gasteiger partial charge in [-0.25, -0.2) is 9.97 Å². The summed E-state index contributed by atoms with van der Waals surface area (Å²) in [5, 5.41) is 5.58. The van der Waals surface area contributed by atoms with Crippen molar-refractivity contribution in [3.63, 3.8) is 0 Å². The van der Waals surface area contributed by atoms with Gasteiger partial charge in [-0.3, -0.25) is 4.79 Å². The molecular formula is C10H16N4O. The summed E-state index contributed by atoms with van der Waals surface area (Å²) in [7, 11) is 1.74. The first-order valence-electron chi connectivity index (χ1n) is 4.83. The molecule has 0 saturated carbocycles. The molecule has 1 aromatic heterocycles. The fraction of sp³-hybridized carbons (Fsp3) is 0.500. The number of hydrogen-bond acceptors (Lipinski definition) is 4. The molecule has 15 heavy (non-hydrogen) atoms. The monoisotopic (exact) mass is 208 g/mol. The second-order valence-electron chi connectivity index (χ2n) is 3.44. The molecule has 2 N–H and O–H groups in total. The van der Waals surface area contributed by atoms with Gasteiger partial charge in [-0.05, 0) is 27.8 Å². The Labute approximate surface area is 89.3 Å². The lowest BCUT2D eigenvalue weighted by Gasteiger charge is -2.10. The molecule has 1 unspecified atom stereocenters. The highest BCUT2D eigenvalue weighted by molar-refractivity contribution is 5.93. The van der Waals surface area contributed by atoms with Crippen molar-refractivity contribution in [1.82, 2.24) is 15.3 Å². The van der Waals surface area contributed by atoms with E-state index in [1.807, 2.05) is 6.92 Å². The number of nitrogens with zero attached hydrogens (tertiary/aromatic N) is 2. The van der Waals surface area contributed by atoms with E-state index in [0.29, 0.717) is 11.6 Å². The van der Waals surface area contributed by atoms with E-state index in [4.69, 9.17) is 0 Å². The summed E-state index contributed by atoms with van der Waals surface area (Å²) in [4.78, 5) is 19.8. The Morgan fingerprint density at radius 2 is 2.07 bits per heavy atom. The van der Waals surface area contributed by atoms with Crippen molar-refractivity contribution in [2.45, 2.75) is 26.8 Å². The fourth-order valence-electron chi connectivity index (χ4n) is 1.15.